The molecule has 0 amide bonds. The first-order valence-electron chi connectivity index (χ1n) is 8.40. The summed E-state index contributed by atoms with van der Waals surface area (Å²) in [5.74, 6) is 0.367. The number of aromatic nitrogens is 4. The van der Waals surface area contributed by atoms with Crippen molar-refractivity contribution in [3.63, 3.8) is 0 Å². The summed E-state index contributed by atoms with van der Waals surface area (Å²) in [4.78, 5) is 4.04. The van der Waals surface area contributed by atoms with E-state index in [4.69, 9.17) is 4.74 Å². The van der Waals surface area contributed by atoms with Crippen molar-refractivity contribution >= 4 is 0 Å². The molecule has 0 saturated carbocycles. The number of ether oxygens (including phenoxy) is 1. The molecule has 1 N–H and O–H groups in total. The first kappa shape index (κ1) is 17.9. The molecule has 0 aromatic carbocycles. The number of aryl methyl sites for hydroxylation is 1. The highest BCUT2D eigenvalue weighted by Crippen LogP contribution is 2.28. The lowest BCUT2D eigenvalue weighted by molar-refractivity contribution is -0.141. The zero-order chi connectivity index (χ0) is 17.9. The molecule has 2 aromatic heterocycles. The first-order valence-corrected chi connectivity index (χ1v) is 8.40. The Bertz CT molecular complexity index is 681. The second-order valence-corrected chi connectivity index (χ2v) is 6.14. The highest BCUT2D eigenvalue weighted by atomic mass is 19.4. The molecule has 0 spiro atoms. The first-order chi connectivity index (χ1) is 12.0. The summed E-state index contributed by atoms with van der Waals surface area (Å²) >= 11 is 0. The van der Waals surface area contributed by atoms with Crippen molar-refractivity contribution in [1.29, 1.82) is 0 Å². The molecule has 25 heavy (non-hydrogen) atoms. The molecule has 0 unspecified atom stereocenters. The predicted molar refractivity (Wildman–Crippen MR) is 84.7 cm³/mol. The largest absolute Gasteiger partial charge is 0.406 e. The van der Waals surface area contributed by atoms with Gasteiger partial charge < -0.3 is 14.6 Å². The molecule has 0 radical (unpaired) electrons. The van der Waals surface area contributed by atoms with E-state index in [1.165, 1.54) is 12.4 Å². The van der Waals surface area contributed by atoms with Crippen LogP contribution in [0.5, 0.6) is 0 Å². The van der Waals surface area contributed by atoms with Crippen LogP contribution in [0.4, 0.5) is 13.2 Å². The van der Waals surface area contributed by atoms with Crippen molar-refractivity contribution in [3.8, 4) is 0 Å². The van der Waals surface area contributed by atoms with Gasteiger partial charge in [-0.25, -0.2) is 4.98 Å². The number of nitrogens with one attached hydrogen (secondary N) is 1. The van der Waals surface area contributed by atoms with E-state index in [0.29, 0.717) is 12.4 Å². The number of alkyl halides is 3. The second kappa shape index (κ2) is 7.57. The fourth-order valence-corrected chi connectivity index (χ4v) is 3.08. The Hall–Kier alpha value is -1.87. The van der Waals surface area contributed by atoms with E-state index in [9.17, 15) is 13.2 Å². The van der Waals surface area contributed by atoms with Gasteiger partial charge in [0.2, 0.25) is 0 Å². The molecular weight excluding hydrogens is 335 g/mol. The summed E-state index contributed by atoms with van der Waals surface area (Å²) in [6.45, 7) is 2.69. The van der Waals surface area contributed by atoms with Crippen molar-refractivity contribution in [3.05, 3.63) is 36.2 Å². The lowest BCUT2D eigenvalue weighted by Gasteiger charge is -2.32. The van der Waals surface area contributed by atoms with Gasteiger partial charge in [0, 0.05) is 43.3 Å². The molecule has 138 valence electrons. The summed E-state index contributed by atoms with van der Waals surface area (Å²) in [6.07, 6.45) is 3.87. The molecule has 6 nitrogen and oxygen atoms in total. The van der Waals surface area contributed by atoms with Crippen molar-refractivity contribution in [1.82, 2.24) is 24.6 Å². The van der Waals surface area contributed by atoms with Gasteiger partial charge in [0.25, 0.3) is 0 Å². The summed E-state index contributed by atoms with van der Waals surface area (Å²) in [5.41, 5.74) is 0.984. The molecule has 1 aliphatic heterocycles. The van der Waals surface area contributed by atoms with Crippen LogP contribution in [0, 0.1) is 0 Å². The minimum Gasteiger partial charge on any atom is -0.372 e. The Labute approximate surface area is 144 Å². The van der Waals surface area contributed by atoms with E-state index in [-0.39, 0.29) is 18.7 Å². The third kappa shape index (κ3) is 4.60. The van der Waals surface area contributed by atoms with E-state index in [1.54, 1.807) is 6.20 Å². The monoisotopic (exact) mass is 357 g/mol. The van der Waals surface area contributed by atoms with Gasteiger partial charge in [-0.3, -0.25) is 4.68 Å². The Morgan fingerprint density at radius 1 is 1.40 bits per heavy atom. The lowest BCUT2D eigenvalue weighted by atomic mass is 9.98. The number of hydrogen-bond acceptors (Lipinski definition) is 4. The fourth-order valence-electron chi connectivity index (χ4n) is 3.08. The predicted octanol–water partition coefficient (Wildman–Crippen LogP) is 2.67. The van der Waals surface area contributed by atoms with Crippen LogP contribution >= 0.6 is 0 Å². The van der Waals surface area contributed by atoms with Gasteiger partial charge in [0.15, 0.2) is 0 Å². The van der Waals surface area contributed by atoms with Crippen LogP contribution in [0.1, 0.15) is 37.3 Å². The van der Waals surface area contributed by atoms with Gasteiger partial charge in [-0.05, 0) is 19.8 Å². The zero-order valence-corrected chi connectivity index (χ0v) is 14.0. The molecule has 1 fully saturated rings. The van der Waals surface area contributed by atoms with E-state index < -0.39 is 12.7 Å². The normalized spacial score (nSPS) is 21.6. The quantitative estimate of drug-likeness (QED) is 0.864. The lowest BCUT2D eigenvalue weighted by Crippen LogP contribution is -2.39. The molecule has 9 heteroatoms. The summed E-state index contributed by atoms with van der Waals surface area (Å²) in [7, 11) is 0. The second-order valence-electron chi connectivity index (χ2n) is 6.14. The molecular formula is C16H22F3N5O. The van der Waals surface area contributed by atoms with Crippen molar-refractivity contribution in [2.75, 3.05) is 6.61 Å². The highest BCUT2D eigenvalue weighted by molar-refractivity contribution is 5.12. The van der Waals surface area contributed by atoms with E-state index >= 15 is 0 Å². The Kier molecular flexibility index (Phi) is 5.43. The van der Waals surface area contributed by atoms with E-state index in [1.807, 2.05) is 17.8 Å². The minimum atomic E-state index is -4.26. The van der Waals surface area contributed by atoms with Crippen molar-refractivity contribution in [2.24, 2.45) is 0 Å². The van der Waals surface area contributed by atoms with Crippen LogP contribution in [0.2, 0.25) is 0 Å². The van der Waals surface area contributed by atoms with Crippen molar-refractivity contribution < 1.29 is 17.9 Å². The van der Waals surface area contributed by atoms with Gasteiger partial charge in [-0.1, -0.05) is 0 Å². The number of hydrogen-bond donors (Lipinski definition) is 1. The van der Waals surface area contributed by atoms with Crippen LogP contribution in [-0.4, -0.2) is 38.2 Å². The molecule has 2 aromatic rings. The van der Waals surface area contributed by atoms with Gasteiger partial charge in [-0.2, -0.15) is 18.3 Å². The zero-order valence-electron chi connectivity index (χ0n) is 14.0. The Balaban J connectivity index is 1.66. The Morgan fingerprint density at radius 2 is 2.24 bits per heavy atom. The van der Waals surface area contributed by atoms with Gasteiger partial charge in [-0.15, -0.1) is 0 Å². The average Bonchev–Trinajstić information content (AvgIpc) is 3.21. The summed E-state index contributed by atoms with van der Waals surface area (Å²) < 4.78 is 46.7. The minimum absolute atomic E-state index is 0.0132. The Morgan fingerprint density at radius 3 is 2.96 bits per heavy atom. The number of rotatable bonds is 6. The van der Waals surface area contributed by atoms with E-state index in [2.05, 4.69) is 15.4 Å². The van der Waals surface area contributed by atoms with E-state index in [0.717, 1.165) is 29.5 Å². The molecule has 3 heterocycles. The maximum atomic E-state index is 12.6. The SMILES string of the molecule is CCn1cc([C@H]2OCCC[C@@H]2NCc2nccn2CC(F)(F)F)cn1. The van der Waals surface area contributed by atoms with Gasteiger partial charge in [0.05, 0.1) is 12.7 Å². The number of halogens is 3. The smallest absolute Gasteiger partial charge is 0.372 e. The molecule has 3 rings (SSSR count). The maximum absolute atomic E-state index is 12.6. The molecule has 0 bridgehead atoms. The van der Waals surface area contributed by atoms with Crippen LogP contribution in [0.3, 0.4) is 0 Å². The molecule has 0 aliphatic carbocycles. The molecule has 1 aliphatic rings. The number of imidazole rings is 1. The summed E-state index contributed by atoms with van der Waals surface area (Å²) in [6, 6.07) is 0.0132. The third-order valence-electron chi connectivity index (χ3n) is 4.30. The third-order valence-corrected chi connectivity index (χ3v) is 4.30. The summed E-state index contributed by atoms with van der Waals surface area (Å²) in [5, 5.41) is 7.59. The van der Waals surface area contributed by atoms with Crippen LogP contribution < -0.4 is 5.32 Å². The standard InChI is InChI=1S/C16H22F3N5O/c1-2-24-10-12(8-22-24)15-13(4-3-7-25-15)21-9-14-20-5-6-23(14)11-16(17,18)19/h5-6,8,10,13,15,21H,2-4,7,9,11H2,1H3/t13-,15+/m0/s1. The van der Waals surface area contributed by atoms with Gasteiger partial charge >= 0.3 is 6.18 Å². The highest BCUT2D eigenvalue weighted by Gasteiger charge is 2.30. The van der Waals surface area contributed by atoms with Crippen LogP contribution in [-0.2, 0) is 24.4 Å². The maximum Gasteiger partial charge on any atom is 0.406 e. The molecule has 2 atom stereocenters. The fraction of sp³-hybridized carbons (Fsp3) is 0.625. The molecule has 1 saturated heterocycles. The van der Waals surface area contributed by atoms with Crippen molar-refractivity contribution in [2.45, 2.75) is 57.7 Å². The topological polar surface area (TPSA) is 56.9 Å². The van der Waals surface area contributed by atoms with Gasteiger partial charge in [0.1, 0.15) is 18.5 Å². The average molecular weight is 357 g/mol. The van der Waals surface area contributed by atoms with Crippen LogP contribution in [0.25, 0.3) is 0 Å². The van der Waals surface area contributed by atoms with Crippen LogP contribution in [0.15, 0.2) is 24.8 Å². The number of nitrogens with zero attached hydrogens (tertiary/aromatic N) is 4.